The molecule has 2 heteroatoms. The third kappa shape index (κ3) is 6.56. The molecular weight excluding hydrogens is 328 g/mol. The molecule has 27 heavy (non-hydrogen) atoms. The highest BCUT2D eigenvalue weighted by Crippen LogP contribution is 2.16. The van der Waals surface area contributed by atoms with Gasteiger partial charge < -0.3 is 10.3 Å². The Morgan fingerprint density at radius 3 is 2.85 bits per heavy atom. The molecule has 0 saturated carbocycles. The Labute approximate surface area is 163 Å². The van der Waals surface area contributed by atoms with Gasteiger partial charge in [0.25, 0.3) is 0 Å². The molecule has 0 atom stereocenters. The second kappa shape index (κ2) is 10.7. The van der Waals surface area contributed by atoms with Crippen LogP contribution in [0.1, 0.15) is 35.6 Å². The highest BCUT2D eigenvalue weighted by Gasteiger charge is 2.02. The molecule has 138 valence electrons. The SMILES string of the molecule is C=C/C=C\C(C#Cc1cc(C(=C)NCCCc2cc[nH]c2)ccc1C)=C/C. The number of rotatable bonds is 8. The van der Waals surface area contributed by atoms with Crippen molar-refractivity contribution in [3.8, 4) is 11.8 Å². The van der Waals surface area contributed by atoms with Crippen molar-refractivity contribution >= 4 is 5.70 Å². The molecule has 0 bridgehead atoms. The number of nitrogens with one attached hydrogen (secondary N) is 2. The molecule has 1 heterocycles. The predicted molar refractivity (Wildman–Crippen MR) is 117 cm³/mol. The number of allylic oxidation sites excluding steroid dienone is 5. The van der Waals surface area contributed by atoms with Gasteiger partial charge >= 0.3 is 0 Å². The van der Waals surface area contributed by atoms with Crippen LogP contribution in [0.25, 0.3) is 5.70 Å². The molecule has 1 aromatic carbocycles. The summed E-state index contributed by atoms with van der Waals surface area (Å²) in [6.07, 6.45) is 13.7. The maximum atomic E-state index is 4.18. The molecule has 0 aliphatic heterocycles. The Bertz CT molecular complexity index is 884. The number of aromatic nitrogens is 1. The number of aryl methyl sites for hydroxylation is 2. The third-order valence-electron chi connectivity index (χ3n) is 4.29. The average molecular weight is 357 g/mol. The Morgan fingerprint density at radius 1 is 1.30 bits per heavy atom. The number of hydrogen-bond acceptors (Lipinski definition) is 1. The van der Waals surface area contributed by atoms with Crippen LogP contribution in [0.15, 0.2) is 79.7 Å². The molecule has 2 nitrogen and oxygen atoms in total. The first-order valence-electron chi connectivity index (χ1n) is 9.27. The quantitative estimate of drug-likeness (QED) is 0.362. The molecule has 2 aromatic rings. The van der Waals surface area contributed by atoms with E-state index in [0.717, 1.165) is 47.3 Å². The van der Waals surface area contributed by atoms with E-state index in [4.69, 9.17) is 0 Å². The average Bonchev–Trinajstić information content (AvgIpc) is 3.20. The predicted octanol–water partition coefficient (Wildman–Crippen LogP) is 5.56. The minimum absolute atomic E-state index is 0.897. The zero-order valence-corrected chi connectivity index (χ0v) is 16.3. The Kier molecular flexibility index (Phi) is 8.00. The van der Waals surface area contributed by atoms with Crippen molar-refractivity contribution in [2.45, 2.75) is 26.7 Å². The summed E-state index contributed by atoms with van der Waals surface area (Å²) in [5.74, 6) is 6.50. The standard InChI is InChI=1S/C25H28N2/c1-5-7-9-22(6-2)12-14-24-18-25(13-11-20(24)3)21(4)27-16-8-10-23-15-17-26-19-23/h5-7,9,11,13,15,17-19,26-27H,1,4,8,10,16H2,2-3H3/b9-7-,22-6+. The maximum absolute atomic E-state index is 4.18. The first-order chi connectivity index (χ1) is 13.1. The van der Waals surface area contributed by atoms with Gasteiger partial charge in [-0.25, -0.2) is 0 Å². The van der Waals surface area contributed by atoms with Crippen molar-refractivity contribution in [1.82, 2.24) is 10.3 Å². The molecule has 0 amide bonds. The van der Waals surface area contributed by atoms with E-state index in [-0.39, 0.29) is 0 Å². The van der Waals surface area contributed by atoms with Crippen LogP contribution in [-0.2, 0) is 6.42 Å². The first-order valence-corrected chi connectivity index (χ1v) is 9.27. The van der Waals surface area contributed by atoms with Gasteiger partial charge in [0.2, 0.25) is 0 Å². The topological polar surface area (TPSA) is 27.8 Å². The summed E-state index contributed by atoms with van der Waals surface area (Å²) in [5.41, 5.74) is 6.51. The van der Waals surface area contributed by atoms with Crippen molar-refractivity contribution in [1.29, 1.82) is 0 Å². The number of benzene rings is 1. The van der Waals surface area contributed by atoms with Gasteiger partial charge in [-0.15, -0.1) is 0 Å². The fourth-order valence-electron chi connectivity index (χ4n) is 2.61. The van der Waals surface area contributed by atoms with E-state index in [1.54, 1.807) is 6.08 Å². The second-order valence-corrected chi connectivity index (χ2v) is 6.35. The van der Waals surface area contributed by atoms with E-state index >= 15 is 0 Å². The summed E-state index contributed by atoms with van der Waals surface area (Å²) in [6.45, 7) is 12.8. The van der Waals surface area contributed by atoms with Crippen molar-refractivity contribution in [3.05, 3.63) is 102 Å². The van der Waals surface area contributed by atoms with E-state index in [1.165, 1.54) is 5.56 Å². The molecule has 0 spiro atoms. The van der Waals surface area contributed by atoms with E-state index in [9.17, 15) is 0 Å². The first kappa shape index (κ1) is 20.1. The van der Waals surface area contributed by atoms with Crippen molar-refractivity contribution in [2.24, 2.45) is 0 Å². The van der Waals surface area contributed by atoms with E-state index in [1.807, 2.05) is 37.5 Å². The second-order valence-electron chi connectivity index (χ2n) is 6.35. The van der Waals surface area contributed by atoms with Crippen LogP contribution in [0.4, 0.5) is 0 Å². The molecule has 0 aliphatic carbocycles. The van der Waals surface area contributed by atoms with E-state index in [0.29, 0.717) is 0 Å². The molecule has 2 rings (SSSR count). The largest absolute Gasteiger partial charge is 0.385 e. The van der Waals surface area contributed by atoms with Gasteiger partial charge in [0.1, 0.15) is 0 Å². The lowest BCUT2D eigenvalue weighted by Gasteiger charge is -2.11. The van der Waals surface area contributed by atoms with Crippen LogP contribution in [0, 0.1) is 18.8 Å². The minimum atomic E-state index is 0.897. The van der Waals surface area contributed by atoms with Crippen LogP contribution in [0.3, 0.4) is 0 Å². The maximum Gasteiger partial charge on any atom is 0.0341 e. The van der Waals surface area contributed by atoms with Crippen LogP contribution in [0.2, 0.25) is 0 Å². The van der Waals surface area contributed by atoms with Crippen LogP contribution in [-0.4, -0.2) is 11.5 Å². The lowest BCUT2D eigenvalue weighted by Crippen LogP contribution is -2.13. The molecule has 1 aromatic heterocycles. The summed E-state index contributed by atoms with van der Waals surface area (Å²) >= 11 is 0. The normalized spacial score (nSPS) is 11.1. The van der Waals surface area contributed by atoms with Gasteiger partial charge in [0.15, 0.2) is 0 Å². The minimum Gasteiger partial charge on any atom is -0.385 e. The fraction of sp³-hybridized carbons (Fsp3) is 0.200. The van der Waals surface area contributed by atoms with Crippen molar-refractivity contribution in [3.63, 3.8) is 0 Å². The van der Waals surface area contributed by atoms with Gasteiger partial charge in [-0.2, -0.15) is 0 Å². The highest BCUT2D eigenvalue weighted by atomic mass is 14.9. The molecule has 0 saturated heterocycles. The zero-order chi connectivity index (χ0) is 19.5. The van der Waals surface area contributed by atoms with Crippen molar-refractivity contribution in [2.75, 3.05) is 6.54 Å². The fourth-order valence-corrected chi connectivity index (χ4v) is 2.61. The van der Waals surface area contributed by atoms with Crippen LogP contribution in [0.5, 0.6) is 0 Å². The Balaban J connectivity index is 2.00. The number of aromatic amines is 1. The van der Waals surface area contributed by atoms with E-state index < -0.39 is 0 Å². The molecule has 2 N–H and O–H groups in total. The van der Waals surface area contributed by atoms with Gasteiger partial charge in [-0.1, -0.05) is 55.4 Å². The van der Waals surface area contributed by atoms with Gasteiger partial charge in [0.05, 0.1) is 0 Å². The van der Waals surface area contributed by atoms with Crippen molar-refractivity contribution < 1.29 is 0 Å². The summed E-state index contributed by atoms with van der Waals surface area (Å²) in [4.78, 5) is 3.09. The van der Waals surface area contributed by atoms with E-state index in [2.05, 4.69) is 66.5 Å². The summed E-state index contributed by atoms with van der Waals surface area (Å²) in [6, 6.07) is 8.41. The number of hydrogen-bond donors (Lipinski definition) is 2. The van der Waals surface area contributed by atoms with Gasteiger partial charge in [0, 0.05) is 35.8 Å². The summed E-state index contributed by atoms with van der Waals surface area (Å²) < 4.78 is 0. The summed E-state index contributed by atoms with van der Waals surface area (Å²) in [7, 11) is 0. The monoisotopic (exact) mass is 356 g/mol. The molecule has 0 aliphatic rings. The Hall–Kier alpha value is -3.18. The van der Waals surface area contributed by atoms with Gasteiger partial charge in [-0.05, 0) is 61.6 Å². The molecular formula is C25H28N2. The highest BCUT2D eigenvalue weighted by molar-refractivity contribution is 5.64. The van der Waals surface area contributed by atoms with Gasteiger partial charge in [-0.3, -0.25) is 0 Å². The number of H-pyrrole nitrogens is 1. The van der Waals surface area contributed by atoms with Crippen LogP contribution >= 0.6 is 0 Å². The molecule has 0 radical (unpaired) electrons. The Morgan fingerprint density at radius 2 is 2.15 bits per heavy atom. The summed E-state index contributed by atoms with van der Waals surface area (Å²) in [5, 5.41) is 3.43. The molecule has 0 fully saturated rings. The zero-order valence-electron chi connectivity index (χ0n) is 16.3. The molecule has 0 unspecified atom stereocenters. The smallest absolute Gasteiger partial charge is 0.0341 e. The third-order valence-corrected chi connectivity index (χ3v) is 4.29. The lowest BCUT2D eigenvalue weighted by atomic mass is 10.0. The van der Waals surface area contributed by atoms with Crippen LogP contribution < -0.4 is 5.32 Å². The lowest BCUT2D eigenvalue weighted by molar-refractivity contribution is 0.763.